The van der Waals surface area contributed by atoms with Crippen molar-refractivity contribution in [3.63, 3.8) is 0 Å². The summed E-state index contributed by atoms with van der Waals surface area (Å²) >= 11 is 0. The molecular formula is C15H20F3N3O3. The number of carbonyl (C=O) groups is 2. The molecule has 0 aliphatic rings. The summed E-state index contributed by atoms with van der Waals surface area (Å²) in [7, 11) is 1.38. The third-order valence-corrected chi connectivity index (χ3v) is 3.25. The number of nitrogens with two attached hydrogens (primary N) is 1. The van der Waals surface area contributed by atoms with Gasteiger partial charge in [0, 0.05) is 18.8 Å². The number of ether oxygens (including phenoxy) is 1. The smallest absolute Gasteiger partial charge is 0.406 e. The van der Waals surface area contributed by atoms with E-state index in [0.29, 0.717) is 0 Å². The van der Waals surface area contributed by atoms with Crippen LogP contribution in [0, 0.1) is 5.92 Å². The molecule has 1 atom stereocenters. The Labute approximate surface area is 137 Å². The van der Waals surface area contributed by atoms with Crippen LogP contribution in [-0.4, -0.2) is 37.8 Å². The highest BCUT2D eigenvalue weighted by atomic mass is 19.4. The van der Waals surface area contributed by atoms with Crippen LogP contribution in [0.15, 0.2) is 24.3 Å². The summed E-state index contributed by atoms with van der Waals surface area (Å²) in [5, 5.41) is 2.40. The molecule has 0 saturated carbocycles. The molecule has 9 heteroatoms. The molecule has 0 aromatic heterocycles. The first kappa shape index (κ1) is 19.8. The predicted octanol–water partition coefficient (Wildman–Crippen LogP) is 1.65. The zero-order valence-electron chi connectivity index (χ0n) is 13.6. The number of amides is 2. The van der Waals surface area contributed by atoms with Gasteiger partial charge in [-0.05, 0) is 18.1 Å². The molecule has 0 bridgehead atoms. The Kier molecular flexibility index (Phi) is 6.59. The van der Waals surface area contributed by atoms with Gasteiger partial charge in [0.25, 0.3) is 0 Å². The predicted molar refractivity (Wildman–Crippen MR) is 82.4 cm³/mol. The summed E-state index contributed by atoms with van der Waals surface area (Å²) in [4.78, 5) is 24.9. The van der Waals surface area contributed by atoms with Crippen molar-refractivity contribution < 1.29 is 27.5 Å². The quantitative estimate of drug-likeness (QED) is 0.819. The summed E-state index contributed by atoms with van der Waals surface area (Å²) in [6, 6.07) is 4.23. The fraction of sp³-hybridized carbons (Fsp3) is 0.467. The zero-order chi connectivity index (χ0) is 18.5. The highest BCUT2D eigenvalue weighted by Crippen LogP contribution is 2.26. The first-order chi connectivity index (χ1) is 11.0. The minimum atomic E-state index is -4.82. The fourth-order valence-electron chi connectivity index (χ4n) is 1.74. The Morgan fingerprint density at radius 1 is 1.33 bits per heavy atom. The summed E-state index contributed by atoms with van der Waals surface area (Å²) in [6.07, 6.45) is -4.82. The van der Waals surface area contributed by atoms with Crippen LogP contribution >= 0.6 is 0 Å². The van der Waals surface area contributed by atoms with Crippen LogP contribution in [0.1, 0.15) is 13.8 Å². The molecule has 24 heavy (non-hydrogen) atoms. The van der Waals surface area contributed by atoms with Crippen LogP contribution in [0.4, 0.5) is 18.9 Å². The number of nitrogens with zero attached hydrogens (tertiary/aromatic N) is 1. The van der Waals surface area contributed by atoms with Crippen molar-refractivity contribution in [2.24, 2.45) is 11.7 Å². The van der Waals surface area contributed by atoms with Crippen molar-refractivity contribution in [2.75, 3.05) is 18.5 Å². The van der Waals surface area contributed by atoms with Crippen molar-refractivity contribution in [1.29, 1.82) is 0 Å². The van der Waals surface area contributed by atoms with Gasteiger partial charge in [-0.2, -0.15) is 0 Å². The van der Waals surface area contributed by atoms with Crippen LogP contribution in [0.5, 0.6) is 5.75 Å². The van der Waals surface area contributed by atoms with Crippen molar-refractivity contribution in [3.05, 3.63) is 24.3 Å². The van der Waals surface area contributed by atoms with Gasteiger partial charge >= 0.3 is 6.36 Å². The average Bonchev–Trinajstić information content (AvgIpc) is 2.49. The van der Waals surface area contributed by atoms with Crippen LogP contribution in [0.2, 0.25) is 0 Å². The van der Waals surface area contributed by atoms with Gasteiger partial charge < -0.3 is 20.7 Å². The molecule has 1 aromatic rings. The molecule has 0 unspecified atom stereocenters. The first-order valence-electron chi connectivity index (χ1n) is 7.17. The molecule has 0 spiro atoms. The van der Waals surface area contributed by atoms with Crippen molar-refractivity contribution >= 4 is 17.5 Å². The number of hydrogen-bond acceptors (Lipinski definition) is 4. The summed E-state index contributed by atoms with van der Waals surface area (Å²) in [5.41, 5.74) is 5.85. The van der Waals surface area contributed by atoms with E-state index < -0.39 is 30.0 Å². The molecule has 134 valence electrons. The standard InChI is InChI=1S/C15H20F3N3O3/c1-9(2)13(19)14(23)20-8-12(22)21(3)10-5-4-6-11(7-10)24-15(16,17)18/h4-7,9,13H,8,19H2,1-3H3,(H,20,23)/t13-/m0/s1. The lowest BCUT2D eigenvalue weighted by Gasteiger charge is -2.20. The van der Waals surface area contributed by atoms with E-state index in [1.807, 2.05) is 0 Å². The van der Waals surface area contributed by atoms with E-state index in [2.05, 4.69) is 10.1 Å². The van der Waals surface area contributed by atoms with Crippen LogP contribution in [0.25, 0.3) is 0 Å². The largest absolute Gasteiger partial charge is 0.573 e. The Morgan fingerprint density at radius 2 is 1.96 bits per heavy atom. The highest BCUT2D eigenvalue weighted by molar-refractivity contribution is 5.96. The Hall–Kier alpha value is -2.29. The van der Waals surface area contributed by atoms with E-state index in [1.54, 1.807) is 13.8 Å². The van der Waals surface area contributed by atoms with Gasteiger partial charge in [-0.3, -0.25) is 9.59 Å². The summed E-state index contributed by atoms with van der Waals surface area (Å²) < 4.78 is 40.5. The summed E-state index contributed by atoms with van der Waals surface area (Å²) in [5.74, 6) is -1.51. The second-order valence-electron chi connectivity index (χ2n) is 5.49. The average molecular weight is 347 g/mol. The molecule has 0 saturated heterocycles. The summed E-state index contributed by atoms with van der Waals surface area (Å²) in [6.45, 7) is 3.22. The van der Waals surface area contributed by atoms with Crippen molar-refractivity contribution in [2.45, 2.75) is 26.3 Å². The highest BCUT2D eigenvalue weighted by Gasteiger charge is 2.31. The number of carbonyl (C=O) groups excluding carboxylic acids is 2. The molecule has 6 nitrogen and oxygen atoms in total. The lowest BCUT2D eigenvalue weighted by atomic mass is 10.1. The molecule has 0 heterocycles. The van der Waals surface area contributed by atoms with Gasteiger partial charge in [0.15, 0.2) is 0 Å². The van der Waals surface area contributed by atoms with E-state index in [1.165, 1.54) is 19.2 Å². The second-order valence-corrected chi connectivity index (χ2v) is 5.49. The Balaban J connectivity index is 2.69. The molecule has 0 radical (unpaired) electrons. The Bertz CT molecular complexity index is 591. The lowest BCUT2D eigenvalue weighted by molar-refractivity contribution is -0.274. The van der Waals surface area contributed by atoms with Crippen LogP contribution < -0.4 is 20.7 Å². The molecule has 2 amide bonds. The molecular weight excluding hydrogens is 327 g/mol. The molecule has 3 N–H and O–H groups in total. The zero-order valence-corrected chi connectivity index (χ0v) is 13.6. The maximum absolute atomic E-state index is 12.2. The number of halogens is 3. The van der Waals surface area contributed by atoms with E-state index >= 15 is 0 Å². The van der Waals surface area contributed by atoms with Crippen molar-refractivity contribution in [3.8, 4) is 5.75 Å². The minimum Gasteiger partial charge on any atom is -0.406 e. The van der Waals surface area contributed by atoms with Crippen molar-refractivity contribution in [1.82, 2.24) is 5.32 Å². The molecule has 0 fully saturated rings. The van der Waals surface area contributed by atoms with E-state index in [4.69, 9.17) is 5.73 Å². The van der Waals surface area contributed by atoms with Crippen LogP contribution in [-0.2, 0) is 9.59 Å². The van der Waals surface area contributed by atoms with Crippen LogP contribution in [0.3, 0.4) is 0 Å². The second kappa shape index (κ2) is 8.00. The van der Waals surface area contributed by atoms with Gasteiger partial charge in [-0.25, -0.2) is 0 Å². The van der Waals surface area contributed by atoms with Gasteiger partial charge in [-0.15, -0.1) is 13.2 Å². The van der Waals surface area contributed by atoms with E-state index in [9.17, 15) is 22.8 Å². The van der Waals surface area contributed by atoms with Gasteiger partial charge in [0.1, 0.15) is 5.75 Å². The Morgan fingerprint density at radius 3 is 2.50 bits per heavy atom. The maximum Gasteiger partial charge on any atom is 0.573 e. The number of likely N-dealkylation sites (N-methyl/N-ethyl adjacent to an activating group) is 1. The lowest BCUT2D eigenvalue weighted by Crippen LogP contribution is -2.47. The fourth-order valence-corrected chi connectivity index (χ4v) is 1.74. The number of hydrogen-bond donors (Lipinski definition) is 2. The van der Waals surface area contributed by atoms with Gasteiger partial charge in [0.05, 0.1) is 12.6 Å². The number of anilines is 1. The third-order valence-electron chi connectivity index (χ3n) is 3.25. The SMILES string of the molecule is CC(C)[C@H](N)C(=O)NCC(=O)N(C)c1cccc(OC(F)(F)F)c1. The van der Waals surface area contributed by atoms with E-state index in [0.717, 1.165) is 17.0 Å². The molecule has 1 aromatic carbocycles. The number of alkyl halides is 3. The molecule has 1 rings (SSSR count). The number of benzene rings is 1. The first-order valence-corrected chi connectivity index (χ1v) is 7.17. The maximum atomic E-state index is 12.2. The topological polar surface area (TPSA) is 84.7 Å². The minimum absolute atomic E-state index is 0.0889. The molecule has 0 aliphatic carbocycles. The van der Waals surface area contributed by atoms with Gasteiger partial charge in [-0.1, -0.05) is 19.9 Å². The number of nitrogens with one attached hydrogen (secondary N) is 1. The monoisotopic (exact) mass is 347 g/mol. The van der Waals surface area contributed by atoms with Gasteiger partial charge in [0.2, 0.25) is 11.8 Å². The normalized spacial score (nSPS) is 12.7. The van der Waals surface area contributed by atoms with E-state index in [-0.39, 0.29) is 18.2 Å². The number of rotatable bonds is 6. The molecule has 0 aliphatic heterocycles. The third kappa shape index (κ3) is 6.07.